The number of aromatic nitrogens is 3. The van der Waals surface area contributed by atoms with Gasteiger partial charge in [-0.05, 0) is 12.1 Å². The number of anilines is 1. The van der Waals surface area contributed by atoms with Crippen molar-refractivity contribution in [3.8, 4) is 10.7 Å². The van der Waals surface area contributed by atoms with Crippen LogP contribution in [0.15, 0.2) is 24.4 Å². The van der Waals surface area contributed by atoms with Gasteiger partial charge in [-0.3, -0.25) is 15.1 Å². The molecule has 104 valence electrons. The predicted octanol–water partition coefficient (Wildman–Crippen LogP) is 0.527. The van der Waals surface area contributed by atoms with E-state index in [9.17, 15) is 4.79 Å². The molecule has 3 heterocycles. The number of ether oxygens (including phenoxy) is 1. The Kier molecular flexibility index (Phi) is 3.95. The second-order valence-corrected chi connectivity index (χ2v) is 5.16. The minimum absolute atomic E-state index is 0.207. The fraction of sp³-hybridized carbons (Fsp3) is 0.333. The fourth-order valence-corrected chi connectivity index (χ4v) is 2.51. The van der Waals surface area contributed by atoms with E-state index in [1.54, 1.807) is 6.20 Å². The first-order valence-electron chi connectivity index (χ1n) is 6.21. The van der Waals surface area contributed by atoms with Gasteiger partial charge in [0.1, 0.15) is 11.8 Å². The first-order valence-corrected chi connectivity index (χ1v) is 7.02. The molecule has 1 aliphatic heterocycles. The first-order chi connectivity index (χ1) is 9.83. The van der Waals surface area contributed by atoms with E-state index in [-0.39, 0.29) is 5.91 Å². The Balaban J connectivity index is 1.66. The molecule has 1 atom stereocenters. The summed E-state index contributed by atoms with van der Waals surface area (Å²) >= 11 is 1.29. The standard InChI is InChI=1S/C12H13N5O2S/c18-10(9-7-13-5-6-19-9)15-12-17-16-11(20-12)8-3-1-2-4-14-8/h1-4,9,13H,5-7H2,(H,15,17,18). The molecule has 8 heteroatoms. The normalized spacial score (nSPS) is 18.7. The number of hydrogen-bond donors (Lipinski definition) is 2. The quantitative estimate of drug-likeness (QED) is 0.857. The van der Waals surface area contributed by atoms with Crippen LogP contribution in [0.5, 0.6) is 0 Å². The summed E-state index contributed by atoms with van der Waals surface area (Å²) < 4.78 is 5.37. The molecule has 1 saturated heterocycles. The van der Waals surface area contributed by atoms with Crippen LogP contribution in [0.4, 0.5) is 5.13 Å². The van der Waals surface area contributed by atoms with Crippen LogP contribution >= 0.6 is 11.3 Å². The number of rotatable bonds is 3. The van der Waals surface area contributed by atoms with Gasteiger partial charge in [-0.25, -0.2) is 0 Å². The molecule has 0 aliphatic carbocycles. The van der Waals surface area contributed by atoms with E-state index in [1.165, 1.54) is 11.3 Å². The van der Waals surface area contributed by atoms with Crippen molar-refractivity contribution in [3.05, 3.63) is 24.4 Å². The molecule has 1 fully saturated rings. The summed E-state index contributed by atoms with van der Waals surface area (Å²) in [6.45, 7) is 1.82. The largest absolute Gasteiger partial charge is 0.366 e. The molecule has 3 rings (SSSR count). The molecule has 7 nitrogen and oxygen atoms in total. The monoisotopic (exact) mass is 291 g/mol. The van der Waals surface area contributed by atoms with Gasteiger partial charge >= 0.3 is 0 Å². The van der Waals surface area contributed by atoms with Crippen LogP contribution in [0.3, 0.4) is 0 Å². The Hall–Kier alpha value is -1.90. The van der Waals surface area contributed by atoms with Gasteiger partial charge in [0.05, 0.1) is 6.61 Å². The molecule has 1 amide bonds. The number of amides is 1. The van der Waals surface area contributed by atoms with Gasteiger partial charge in [-0.1, -0.05) is 17.4 Å². The smallest absolute Gasteiger partial charge is 0.256 e. The van der Waals surface area contributed by atoms with Crippen LogP contribution in [0.2, 0.25) is 0 Å². The highest BCUT2D eigenvalue weighted by molar-refractivity contribution is 7.18. The van der Waals surface area contributed by atoms with Crippen molar-refractivity contribution in [2.75, 3.05) is 25.0 Å². The molecular formula is C12H13N5O2S. The van der Waals surface area contributed by atoms with E-state index >= 15 is 0 Å². The maximum atomic E-state index is 12.0. The van der Waals surface area contributed by atoms with Crippen LogP contribution < -0.4 is 10.6 Å². The Bertz CT molecular complexity index is 583. The third-order valence-electron chi connectivity index (χ3n) is 2.76. The van der Waals surface area contributed by atoms with Crippen molar-refractivity contribution in [1.82, 2.24) is 20.5 Å². The van der Waals surface area contributed by atoms with Gasteiger partial charge in [0.15, 0.2) is 5.01 Å². The molecule has 0 bridgehead atoms. The van der Waals surface area contributed by atoms with Crippen molar-refractivity contribution < 1.29 is 9.53 Å². The summed E-state index contributed by atoms with van der Waals surface area (Å²) in [6.07, 6.45) is 1.21. The molecule has 1 unspecified atom stereocenters. The highest BCUT2D eigenvalue weighted by Crippen LogP contribution is 2.24. The number of pyridine rings is 1. The third kappa shape index (κ3) is 2.98. The summed E-state index contributed by atoms with van der Waals surface area (Å²) in [4.78, 5) is 16.2. The number of morpholine rings is 1. The number of nitrogens with zero attached hydrogens (tertiary/aromatic N) is 3. The lowest BCUT2D eigenvalue weighted by molar-refractivity contribution is -0.128. The van der Waals surface area contributed by atoms with Crippen LogP contribution in [-0.4, -0.2) is 46.9 Å². The lowest BCUT2D eigenvalue weighted by Crippen LogP contribution is -2.45. The van der Waals surface area contributed by atoms with Crippen LogP contribution in [-0.2, 0) is 9.53 Å². The maximum absolute atomic E-state index is 12.0. The average molecular weight is 291 g/mol. The zero-order chi connectivity index (χ0) is 13.8. The molecule has 20 heavy (non-hydrogen) atoms. The van der Waals surface area contributed by atoms with Gasteiger partial charge < -0.3 is 10.1 Å². The average Bonchev–Trinajstić information content (AvgIpc) is 2.97. The topological polar surface area (TPSA) is 89.0 Å². The second kappa shape index (κ2) is 6.04. The summed E-state index contributed by atoms with van der Waals surface area (Å²) in [6, 6.07) is 5.56. The Morgan fingerprint density at radius 2 is 2.40 bits per heavy atom. The lowest BCUT2D eigenvalue weighted by atomic mass is 10.3. The second-order valence-electron chi connectivity index (χ2n) is 4.18. The summed E-state index contributed by atoms with van der Waals surface area (Å²) in [5, 5.41) is 14.9. The van der Waals surface area contributed by atoms with Crippen LogP contribution in [0, 0.1) is 0 Å². The van der Waals surface area contributed by atoms with Gasteiger partial charge in [0, 0.05) is 19.3 Å². The van der Waals surface area contributed by atoms with E-state index in [2.05, 4.69) is 25.8 Å². The zero-order valence-corrected chi connectivity index (χ0v) is 11.4. The van der Waals surface area contributed by atoms with Gasteiger partial charge in [-0.15, -0.1) is 10.2 Å². The maximum Gasteiger partial charge on any atom is 0.256 e. The molecule has 0 radical (unpaired) electrons. The SMILES string of the molecule is O=C(Nc1nnc(-c2ccccn2)s1)C1CNCCO1. The van der Waals surface area contributed by atoms with Crippen molar-refractivity contribution >= 4 is 22.4 Å². The van der Waals surface area contributed by atoms with Crippen molar-refractivity contribution in [3.63, 3.8) is 0 Å². The fourth-order valence-electron chi connectivity index (χ4n) is 1.79. The number of carbonyl (C=O) groups is 1. The highest BCUT2D eigenvalue weighted by Gasteiger charge is 2.22. The number of nitrogens with one attached hydrogen (secondary N) is 2. The van der Waals surface area contributed by atoms with Gasteiger partial charge in [-0.2, -0.15) is 0 Å². The van der Waals surface area contributed by atoms with Crippen LogP contribution in [0.1, 0.15) is 0 Å². The summed E-state index contributed by atoms with van der Waals surface area (Å²) in [5.41, 5.74) is 0.737. The zero-order valence-electron chi connectivity index (χ0n) is 10.6. The van der Waals surface area contributed by atoms with E-state index in [1.807, 2.05) is 18.2 Å². The molecule has 2 aromatic rings. The van der Waals surface area contributed by atoms with Gasteiger partial charge in [0.25, 0.3) is 5.91 Å². The molecule has 0 spiro atoms. The number of hydrogen-bond acceptors (Lipinski definition) is 7. The Labute approximate surface area is 119 Å². The first kappa shape index (κ1) is 13.1. The minimum atomic E-state index is -0.481. The number of carbonyl (C=O) groups excluding carboxylic acids is 1. The van der Waals surface area contributed by atoms with Crippen molar-refractivity contribution in [1.29, 1.82) is 0 Å². The molecule has 2 aromatic heterocycles. The minimum Gasteiger partial charge on any atom is -0.366 e. The summed E-state index contributed by atoms with van der Waals surface area (Å²) in [7, 11) is 0. The highest BCUT2D eigenvalue weighted by atomic mass is 32.1. The Morgan fingerprint density at radius 3 is 3.15 bits per heavy atom. The van der Waals surface area contributed by atoms with E-state index in [0.717, 1.165) is 12.2 Å². The predicted molar refractivity (Wildman–Crippen MR) is 74.4 cm³/mol. The summed E-state index contributed by atoms with van der Waals surface area (Å²) in [5.74, 6) is -0.207. The van der Waals surface area contributed by atoms with E-state index < -0.39 is 6.10 Å². The molecule has 1 aliphatic rings. The van der Waals surface area contributed by atoms with Crippen molar-refractivity contribution in [2.24, 2.45) is 0 Å². The molecular weight excluding hydrogens is 278 g/mol. The molecule has 2 N–H and O–H groups in total. The lowest BCUT2D eigenvalue weighted by Gasteiger charge is -2.21. The van der Waals surface area contributed by atoms with Gasteiger partial charge in [0.2, 0.25) is 5.13 Å². The van der Waals surface area contributed by atoms with Crippen LogP contribution in [0.25, 0.3) is 10.7 Å². The third-order valence-corrected chi connectivity index (χ3v) is 3.62. The van der Waals surface area contributed by atoms with E-state index in [4.69, 9.17) is 4.74 Å². The van der Waals surface area contributed by atoms with E-state index in [0.29, 0.717) is 23.3 Å². The Morgan fingerprint density at radius 1 is 1.45 bits per heavy atom. The van der Waals surface area contributed by atoms with Crippen molar-refractivity contribution in [2.45, 2.75) is 6.10 Å². The molecule has 0 saturated carbocycles. The molecule has 0 aromatic carbocycles.